The quantitative estimate of drug-likeness (QED) is 0.641. The number of hydrogen-bond acceptors (Lipinski definition) is 5. The summed E-state index contributed by atoms with van der Waals surface area (Å²) >= 11 is 1.27. The van der Waals surface area contributed by atoms with E-state index >= 15 is 0 Å². The molecular weight excluding hydrogens is 260 g/mol. The monoisotopic (exact) mass is 274 g/mol. The molecule has 5 nitrogen and oxygen atoms in total. The molecule has 2 rings (SSSR count). The molecule has 2 heterocycles. The van der Waals surface area contributed by atoms with Crippen molar-refractivity contribution in [1.82, 2.24) is 9.21 Å². The first-order chi connectivity index (χ1) is 7.85. The maximum absolute atomic E-state index is 12.2. The zero-order valence-corrected chi connectivity index (χ0v) is 11.5. The molecule has 0 spiro atoms. The molecule has 0 aromatic heterocycles. The third kappa shape index (κ3) is 1.87. The van der Waals surface area contributed by atoms with Crippen LogP contribution < -0.4 is 0 Å². The normalized spacial score (nSPS) is 33.0. The van der Waals surface area contributed by atoms with Crippen molar-refractivity contribution in [2.45, 2.75) is 10.5 Å². The molecule has 0 amide bonds. The highest BCUT2D eigenvalue weighted by Gasteiger charge is 2.49. The lowest BCUT2D eigenvalue weighted by atomic mass is 10.1. The molecule has 0 saturated carbocycles. The fourth-order valence-electron chi connectivity index (χ4n) is 1.86. The van der Waals surface area contributed by atoms with Crippen LogP contribution in [0.2, 0.25) is 0 Å². The third-order valence-electron chi connectivity index (χ3n) is 2.75. The molecule has 2 aliphatic rings. The van der Waals surface area contributed by atoms with Gasteiger partial charge in [-0.3, -0.25) is 9.10 Å². The van der Waals surface area contributed by atoms with Crippen molar-refractivity contribution in [3.8, 4) is 0 Å². The van der Waals surface area contributed by atoms with E-state index in [4.69, 9.17) is 0 Å². The van der Waals surface area contributed by atoms with Gasteiger partial charge in [0.05, 0.1) is 5.25 Å². The highest BCUT2D eigenvalue weighted by atomic mass is 32.2. The van der Waals surface area contributed by atoms with Gasteiger partial charge in [0.2, 0.25) is 10.0 Å². The predicted molar refractivity (Wildman–Crippen MR) is 67.8 cm³/mol. The minimum atomic E-state index is -3.46. The number of ketones is 1. The molecule has 94 valence electrons. The maximum Gasteiger partial charge on any atom is 0.243 e. The Hall–Kier alpha value is -0.950. The van der Waals surface area contributed by atoms with Gasteiger partial charge >= 0.3 is 0 Å². The van der Waals surface area contributed by atoms with Crippen LogP contribution in [0, 0.1) is 0 Å². The van der Waals surface area contributed by atoms with Crippen LogP contribution in [-0.4, -0.2) is 55.0 Å². The first-order valence-corrected chi connectivity index (χ1v) is 7.52. The molecule has 0 bridgehead atoms. The van der Waals surface area contributed by atoms with Crippen molar-refractivity contribution >= 4 is 27.6 Å². The topological polar surface area (TPSA) is 57.7 Å². The summed E-state index contributed by atoms with van der Waals surface area (Å²) < 4.78 is 25.5. The van der Waals surface area contributed by atoms with Crippen molar-refractivity contribution < 1.29 is 13.2 Å². The van der Waals surface area contributed by atoms with Crippen molar-refractivity contribution in [2.24, 2.45) is 0 Å². The van der Waals surface area contributed by atoms with E-state index < -0.39 is 20.5 Å². The van der Waals surface area contributed by atoms with Crippen LogP contribution in [0.25, 0.3) is 0 Å². The minimum absolute atomic E-state index is 0.129. The Labute approximate surface area is 105 Å². The van der Waals surface area contributed by atoms with Crippen LogP contribution in [0.3, 0.4) is 0 Å². The fourth-order valence-corrected chi connectivity index (χ4v) is 4.98. The molecule has 2 aliphatic heterocycles. The summed E-state index contributed by atoms with van der Waals surface area (Å²) in [5.74, 6) is -0.129. The Morgan fingerprint density at radius 2 is 2.12 bits per heavy atom. The van der Waals surface area contributed by atoms with Crippen LogP contribution in [-0.2, 0) is 14.8 Å². The van der Waals surface area contributed by atoms with Gasteiger partial charge in [-0.25, -0.2) is 8.42 Å². The molecule has 0 aromatic carbocycles. The second-order valence-corrected chi connectivity index (χ2v) is 7.38. The zero-order chi connectivity index (χ0) is 12.8. The Morgan fingerprint density at radius 1 is 1.47 bits per heavy atom. The molecule has 2 atom stereocenters. The number of hydrogen-bond donors (Lipinski definition) is 0. The van der Waals surface area contributed by atoms with Gasteiger partial charge < -0.3 is 4.90 Å². The second kappa shape index (κ2) is 4.06. The molecule has 7 heteroatoms. The molecule has 0 aromatic rings. The highest BCUT2D eigenvalue weighted by Crippen LogP contribution is 2.38. The summed E-state index contributed by atoms with van der Waals surface area (Å²) in [6, 6.07) is 0. The van der Waals surface area contributed by atoms with Gasteiger partial charge in [0.15, 0.2) is 5.78 Å². The van der Waals surface area contributed by atoms with E-state index in [1.807, 2.05) is 0 Å². The predicted octanol–water partition coefficient (Wildman–Crippen LogP) is 0.231. The van der Waals surface area contributed by atoms with Crippen LogP contribution in [0.4, 0.5) is 0 Å². The van der Waals surface area contributed by atoms with E-state index in [1.54, 1.807) is 36.7 Å². The molecule has 1 fully saturated rings. The number of fused-ring (bicyclic) bond motifs is 1. The molecule has 0 N–H and O–H groups in total. The second-order valence-electron chi connectivity index (χ2n) is 4.20. The molecule has 1 saturated heterocycles. The van der Waals surface area contributed by atoms with E-state index in [2.05, 4.69) is 0 Å². The van der Waals surface area contributed by atoms with Crippen LogP contribution in [0.1, 0.15) is 0 Å². The molecule has 0 aliphatic carbocycles. The number of Topliss-reactive ketones (excluding diaryl/α,β-unsaturated/α-hetero) is 1. The fraction of sp³-hybridized carbons (Fsp3) is 0.500. The lowest BCUT2D eigenvalue weighted by Crippen LogP contribution is -2.50. The Balaban J connectivity index is 2.50. The third-order valence-corrected chi connectivity index (χ3v) is 6.11. The van der Waals surface area contributed by atoms with Crippen LogP contribution in [0.5, 0.6) is 0 Å². The number of carbonyl (C=O) groups excluding carboxylic acids is 1. The van der Waals surface area contributed by atoms with Gasteiger partial charge in [0.1, 0.15) is 10.9 Å². The lowest BCUT2D eigenvalue weighted by Gasteiger charge is -2.33. The number of allylic oxidation sites excluding steroid dienone is 1. The molecule has 0 radical (unpaired) electrons. The standard InChI is InChI=1S/C10H14N2O3S2/c1-11(2)6-7-9(13)10-8(4-5-16-10)17(14,15)12(7)3/h4-6,8,10H,1-3H3/b7-6+/t8-,10-/m0/s1. The largest absolute Gasteiger partial charge is 0.382 e. The number of sulfonamides is 1. The average molecular weight is 274 g/mol. The van der Waals surface area contributed by atoms with Gasteiger partial charge in [-0.15, -0.1) is 11.8 Å². The first kappa shape index (κ1) is 12.5. The SMILES string of the molecule is CN(C)/C=C1\C(=O)[C@H]2SC=C[C@@H]2S(=O)(=O)N1C. The summed E-state index contributed by atoms with van der Waals surface area (Å²) in [7, 11) is 1.48. The van der Waals surface area contributed by atoms with Crippen molar-refractivity contribution in [1.29, 1.82) is 0 Å². The van der Waals surface area contributed by atoms with Crippen LogP contribution >= 0.6 is 11.8 Å². The minimum Gasteiger partial charge on any atom is -0.382 e. The number of rotatable bonds is 1. The highest BCUT2D eigenvalue weighted by molar-refractivity contribution is 8.05. The molecular formula is C10H14N2O3S2. The number of carbonyl (C=O) groups is 1. The lowest BCUT2D eigenvalue weighted by molar-refractivity contribution is -0.116. The van der Waals surface area contributed by atoms with E-state index in [1.165, 1.54) is 18.8 Å². The van der Waals surface area contributed by atoms with Crippen molar-refractivity contribution in [2.75, 3.05) is 21.1 Å². The van der Waals surface area contributed by atoms with E-state index in [0.717, 1.165) is 4.31 Å². The van der Waals surface area contributed by atoms with E-state index in [-0.39, 0.29) is 11.5 Å². The van der Waals surface area contributed by atoms with Crippen molar-refractivity contribution in [3.05, 3.63) is 23.4 Å². The van der Waals surface area contributed by atoms with E-state index in [0.29, 0.717) is 0 Å². The number of nitrogens with zero attached hydrogens (tertiary/aromatic N) is 2. The Morgan fingerprint density at radius 3 is 2.71 bits per heavy atom. The molecule has 0 unspecified atom stereocenters. The van der Waals surface area contributed by atoms with Gasteiger partial charge in [-0.05, 0) is 5.41 Å². The summed E-state index contributed by atoms with van der Waals surface area (Å²) in [5, 5.41) is 0.448. The maximum atomic E-state index is 12.2. The summed E-state index contributed by atoms with van der Waals surface area (Å²) in [5.41, 5.74) is 0.229. The van der Waals surface area contributed by atoms with Crippen molar-refractivity contribution in [3.63, 3.8) is 0 Å². The zero-order valence-electron chi connectivity index (χ0n) is 9.82. The average Bonchev–Trinajstić information content (AvgIpc) is 2.71. The number of thioether (sulfide) groups is 1. The van der Waals surface area contributed by atoms with Crippen LogP contribution in [0.15, 0.2) is 23.4 Å². The van der Waals surface area contributed by atoms with Gasteiger partial charge in [-0.1, -0.05) is 6.08 Å². The Kier molecular flexibility index (Phi) is 2.99. The summed E-state index contributed by atoms with van der Waals surface area (Å²) in [6.07, 6.45) is 3.14. The van der Waals surface area contributed by atoms with E-state index in [9.17, 15) is 13.2 Å². The summed E-state index contributed by atoms with van der Waals surface area (Å²) in [4.78, 5) is 13.9. The smallest absolute Gasteiger partial charge is 0.243 e. The Bertz CT molecular complexity index is 508. The van der Waals surface area contributed by atoms with Gasteiger partial charge in [0.25, 0.3) is 0 Å². The van der Waals surface area contributed by atoms with Gasteiger partial charge in [0, 0.05) is 27.3 Å². The molecule has 17 heavy (non-hydrogen) atoms. The summed E-state index contributed by atoms with van der Waals surface area (Å²) in [6.45, 7) is 0. The number of likely N-dealkylation sites (N-methyl/N-ethyl adjacent to an activating group) is 1. The van der Waals surface area contributed by atoms with Gasteiger partial charge in [-0.2, -0.15) is 0 Å². The first-order valence-electron chi connectivity index (χ1n) is 5.08.